The fourth-order valence-corrected chi connectivity index (χ4v) is 3.19. The second kappa shape index (κ2) is 6.50. The van der Waals surface area contributed by atoms with E-state index < -0.39 is 10.1 Å². The van der Waals surface area contributed by atoms with Crippen molar-refractivity contribution in [2.75, 3.05) is 19.7 Å². The normalized spacial score (nSPS) is 17.5. The van der Waals surface area contributed by atoms with Gasteiger partial charge in [0.2, 0.25) is 0 Å². The Bertz CT molecular complexity index is 490. The molecule has 1 fully saturated rings. The van der Waals surface area contributed by atoms with E-state index in [0.717, 1.165) is 37.9 Å². The number of hydrogen-bond donors (Lipinski definition) is 1. The molecular weight excluding hydrogens is 262 g/mol. The van der Waals surface area contributed by atoms with Gasteiger partial charge in [0.15, 0.2) is 0 Å². The van der Waals surface area contributed by atoms with Crippen molar-refractivity contribution in [3.05, 3.63) is 29.8 Å². The third kappa shape index (κ3) is 4.30. The van der Waals surface area contributed by atoms with Gasteiger partial charge in [0.1, 0.15) is 0 Å². The van der Waals surface area contributed by atoms with Gasteiger partial charge in [-0.2, -0.15) is 8.42 Å². The number of benzene rings is 1. The zero-order valence-corrected chi connectivity index (χ0v) is 12.1. The lowest BCUT2D eigenvalue weighted by atomic mass is 9.95. The van der Waals surface area contributed by atoms with Crippen LogP contribution in [0.15, 0.2) is 29.2 Å². The molecule has 5 heteroatoms. The van der Waals surface area contributed by atoms with Crippen molar-refractivity contribution < 1.29 is 12.6 Å². The summed E-state index contributed by atoms with van der Waals surface area (Å²) in [6.07, 6.45) is 3.02. The molecule has 0 aromatic heterocycles. The standard InChI is InChI=1S/C14H21NO3S/c1-12-2-4-14(5-3-12)19(16,17)18-11-8-13-6-9-15-10-7-13/h2-5,13,15H,6-11H2,1H3. The molecule has 1 aliphatic heterocycles. The van der Waals surface area contributed by atoms with E-state index in [0.29, 0.717) is 5.92 Å². The highest BCUT2D eigenvalue weighted by atomic mass is 32.2. The molecule has 0 saturated carbocycles. The van der Waals surface area contributed by atoms with Gasteiger partial charge in [-0.15, -0.1) is 0 Å². The van der Waals surface area contributed by atoms with E-state index in [1.54, 1.807) is 24.3 Å². The van der Waals surface area contributed by atoms with Gasteiger partial charge in [0, 0.05) is 0 Å². The van der Waals surface area contributed by atoms with Crippen LogP contribution in [0.25, 0.3) is 0 Å². The lowest BCUT2D eigenvalue weighted by Gasteiger charge is -2.22. The smallest absolute Gasteiger partial charge is 0.296 e. The van der Waals surface area contributed by atoms with Gasteiger partial charge in [0.05, 0.1) is 11.5 Å². The van der Waals surface area contributed by atoms with Crippen LogP contribution in [0.5, 0.6) is 0 Å². The van der Waals surface area contributed by atoms with Gasteiger partial charge in [-0.25, -0.2) is 0 Å². The highest BCUT2D eigenvalue weighted by molar-refractivity contribution is 7.86. The molecule has 4 nitrogen and oxygen atoms in total. The van der Waals surface area contributed by atoms with Crippen LogP contribution in [0.2, 0.25) is 0 Å². The molecule has 1 N–H and O–H groups in total. The molecule has 106 valence electrons. The van der Waals surface area contributed by atoms with Crippen molar-refractivity contribution in [2.45, 2.75) is 31.1 Å². The Labute approximate surface area is 115 Å². The maximum absolute atomic E-state index is 12.0. The molecule has 0 bridgehead atoms. The molecule has 0 atom stereocenters. The maximum Gasteiger partial charge on any atom is 0.296 e. The molecule has 1 aromatic rings. The van der Waals surface area contributed by atoms with Gasteiger partial charge in [-0.3, -0.25) is 4.18 Å². The van der Waals surface area contributed by atoms with Gasteiger partial charge in [-0.1, -0.05) is 17.7 Å². The Morgan fingerprint density at radius 2 is 1.84 bits per heavy atom. The summed E-state index contributed by atoms with van der Waals surface area (Å²) < 4.78 is 29.0. The molecule has 0 amide bonds. The third-order valence-corrected chi connectivity index (χ3v) is 4.86. The van der Waals surface area contributed by atoms with Crippen LogP contribution >= 0.6 is 0 Å². The third-order valence-electron chi connectivity index (χ3n) is 3.53. The highest BCUT2D eigenvalue weighted by Crippen LogP contribution is 2.18. The van der Waals surface area contributed by atoms with Crippen LogP contribution in [-0.2, 0) is 14.3 Å². The maximum atomic E-state index is 12.0. The molecule has 2 rings (SSSR count). The van der Waals surface area contributed by atoms with E-state index in [2.05, 4.69) is 5.32 Å². The Balaban J connectivity index is 1.85. The fourth-order valence-electron chi connectivity index (χ4n) is 2.27. The molecule has 1 saturated heterocycles. The van der Waals surface area contributed by atoms with Gasteiger partial charge in [0.25, 0.3) is 10.1 Å². The number of hydrogen-bond acceptors (Lipinski definition) is 4. The summed E-state index contributed by atoms with van der Waals surface area (Å²) in [6, 6.07) is 6.75. The average molecular weight is 283 g/mol. The molecule has 19 heavy (non-hydrogen) atoms. The lowest BCUT2D eigenvalue weighted by Crippen LogP contribution is -2.28. The van der Waals surface area contributed by atoms with Crippen molar-refractivity contribution in [1.82, 2.24) is 5.32 Å². The zero-order valence-electron chi connectivity index (χ0n) is 11.3. The number of piperidine rings is 1. The minimum absolute atomic E-state index is 0.239. The van der Waals surface area contributed by atoms with Crippen molar-refractivity contribution >= 4 is 10.1 Å². The topological polar surface area (TPSA) is 55.4 Å². The van der Waals surface area contributed by atoms with Crippen molar-refractivity contribution in [2.24, 2.45) is 5.92 Å². The second-order valence-corrected chi connectivity index (χ2v) is 6.69. The summed E-state index contributed by atoms with van der Waals surface area (Å²) in [5, 5.41) is 3.29. The Kier molecular flexibility index (Phi) is 4.96. The summed E-state index contributed by atoms with van der Waals surface area (Å²) in [5.41, 5.74) is 1.04. The minimum atomic E-state index is -3.59. The first kappa shape index (κ1) is 14.5. The van der Waals surface area contributed by atoms with E-state index in [9.17, 15) is 8.42 Å². The molecule has 0 aliphatic carbocycles. The molecule has 1 aromatic carbocycles. The number of rotatable bonds is 5. The summed E-state index contributed by atoms with van der Waals surface area (Å²) in [6.45, 7) is 4.25. The van der Waals surface area contributed by atoms with E-state index in [-0.39, 0.29) is 11.5 Å². The van der Waals surface area contributed by atoms with Crippen molar-refractivity contribution in [3.63, 3.8) is 0 Å². The van der Waals surface area contributed by atoms with Gasteiger partial charge >= 0.3 is 0 Å². The number of aryl methyl sites for hydroxylation is 1. The molecular formula is C14H21NO3S. The van der Waals surface area contributed by atoms with Gasteiger partial charge in [-0.05, 0) is 57.3 Å². The van der Waals surface area contributed by atoms with Gasteiger partial charge < -0.3 is 5.32 Å². The first-order valence-electron chi connectivity index (χ1n) is 6.75. The van der Waals surface area contributed by atoms with Crippen LogP contribution in [-0.4, -0.2) is 28.1 Å². The van der Waals surface area contributed by atoms with Crippen LogP contribution in [0.4, 0.5) is 0 Å². The SMILES string of the molecule is Cc1ccc(S(=O)(=O)OCCC2CCNCC2)cc1. The summed E-state index contributed by atoms with van der Waals surface area (Å²) in [5.74, 6) is 0.578. The predicted molar refractivity (Wildman–Crippen MR) is 74.5 cm³/mol. The molecule has 1 aliphatic rings. The fraction of sp³-hybridized carbons (Fsp3) is 0.571. The van der Waals surface area contributed by atoms with Crippen LogP contribution in [0.1, 0.15) is 24.8 Å². The molecule has 0 spiro atoms. The first-order valence-corrected chi connectivity index (χ1v) is 8.15. The van der Waals surface area contributed by atoms with E-state index in [4.69, 9.17) is 4.18 Å². The van der Waals surface area contributed by atoms with E-state index in [1.165, 1.54) is 0 Å². The van der Waals surface area contributed by atoms with Crippen molar-refractivity contribution in [3.8, 4) is 0 Å². The lowest BCUT2D eigenvalue weighted by molar-refractivity contribution is 0.255. The van der Waals surface area contributed by atoms with Crippen LogP contribution in [0.3, 0.4) is 0 Å². The summed E-state index contributed by atoms with van der Waals surface area (Å²) in [7, 11) is -3.59. The molecule has 1 heterocycles. The summed E-state index contributed by atoms with van der Waals surface area (Å²) in [4.78, 5) is 0.239. The van der Waals surface area contributed by atoms with Crippen LogP contribution < -0.4 is 5.32 Å². The summed E-state index contributed by atoms with van der Waals surface area (Å²) >= 11 is 0. The van der Waals surface area contributed by atoms with Crippen molar-refractivity contribution in [1.29, 1.82) is 0 Å². The molecule has 0 unspecified atom stereocenters. The quantitative estimate of drug-likeness (QED) is 0.841. The first-order chi connectivity index (χ1) is 9.08. The molecule has 0 radical (unpaired) electrons. The van der Waals surface area contributed by atoms with E-state index in [1.807, 2.05) is 6.92 Å². The average Bonchev–Trinajstić information content (AvgIpc) is 2.40. The monoisotopic (exact) mass is 283 g/mol. The second-order valence-electron chi connectivity index (χ2n) is 5.07. The highest BCUT2D eigenvalue weighted by Gasteiger charge is 2.17. The van der Waals surface area contributed by atoms with Crippen LogP contribution in [0, 0.1) is 12.8 Å². The largest absolute Gasteiger partial charge is 0.317 e. The van der Waals surface area contributed by atoms with E-state index >= 15 is 0 Å². The minimum Gasteiger partial charge on any atom is -0.317 e. The number of nitrogens with one attached hydrogen (secondary N) is 1. The zero-order chi connectivity index (χ0) is 13.7. The Morgan fingerprint density at radius 3 is 2.47 bits per heavy atom. The Hall–Kier alpha value is -0.910. The predicted octanol–water partition coefficient (Wildman–Crippen LogP) is 2.09. The Morgan fingerprint density at radius 1 is 1.21 bits per heavy atom.